The van der Waals surface area contributed by atoms with Gasteiger partial charge in [-0.3, -0.25) is 9.59 Å². The van der Waals surface area contributed by atoms with E-state index in [-0.39, 0.29) is 18.5 Å². The molecule has 0 aromatic heterocycles. The summed E-state index contributed by atoms with van der Waals surface area (Å²) in [5.74, 6) is -0.0901. The maximum absolute atomic E-state index is 12.4. The second-order valence-corrected chi connectivity index (χ2v) is 18.5. The van der Waals surface area contributed by atoms with Crippen LogP contribution in [0, 0.1) is 0 Å². The molecular weight excluding hydrogens is 767 g/mol. The molecule has 0 aliphatic rings. The number of rotatable bonds is 50. The number of esters is 1. The van der Waals surface area contributed by atoms with Crippen molar-refractivity contribution in [3.8, 4) is 0 Å². The van der Waals surface area contributed by atoms with Gasteiger partial charge in [0.05, 0.1) is 25.4 Å². The molecule has 364 valence electrons. The van der Waals surface area contributed by atoms with E-state index in [1.165, 1.54) is 193 Å². The fraction of sp³-hybridized carbons (Fsp3) is 0.857. The Hall–Kier alpha value is -1.92. The van der Waals surface area contributed by atoms with Crippen LogP contribution >= 0.6 is 0 Å². The lowest BCUT2D eigenvalue weighted by Crippen LogP contribution is -2.45. The minimum Gasteiger partial charge on any atom is -0.466 e. The standard InChI is InChI=1S/C56H105NO5/c1-3-5-7-9-11-13-15-17-22-26-30-34-38-42-46-50-56(61)62-51-47-43-39-35-31-27-24-21-19-18-20-23-25-29-33-37-41-45-49-55(60)57-53(52-58)54(59)48-44-40-36-32-28-16-14-12-10-8-6-4-2/h17,20,22-23,44,48,53-54,58-59H,3-16,18-19,21,24-43,45-47,49-52H2,1-2H3,(H,57,60)/b22-17-,23-20-,48-44+. The van der Waals surface area contributed by atoms with E-state index in [1.54, 1.807) is 6.08 Å². The summed E-state index contributed by atoms with van der Waals surface area (Å²) < 4.78 is 5.47. The van der Waals surface area contributed by atoms with Crippen LogP contribution in [-0.4, -0.2) is 47.4 Å². The van der Waals surface area contributed by atoms with Crippen LogP contribution < -0.4 is 5.32 Å². The average molecular weight is 872 g/mol. The zero-order valence-corrected chi connectivity index (χ0v) is 41.4. The normalized spacial score (nSPS) is 12.9. The van der Waals surface area contributed by atoms with Crippen molar-refractivity contribution in [3.05, 3.63) is 36.5 Å². The third-order valence-electron chi connectivity index (χ3n) is 12.4. The molecule has 6 nitrogen and oxygen atoms in total. The highest BCUT2D eigenvalue weighted by atomic mass is 16.5. The summed E-state index contributed by atoms with van der Waals surface area (Å²) in [5, 5.41) is 23.0. The number of ether oxygens (including phenoxy) is 1. The van der Waals surface area contributed by atoms with E-state index in [0.717, 1.165) is 64.2 Å². The Kier molecular flexibility index (Phi) is 50.1. The van der Waals surface area contributed by atoms with Crippen molar-refractivity contribution in [2.75, 3.05) is 13.2 Å². The molecule has 0 aromatic rings. The molecule has 0 aliphatic carbocycles. The van der Waals surface area contributed by atoms with Gasteiger partial charge in [0.15, 0.2) is 0 Å². The van der Waals surface area contributed by atoms with E-state index in [1.807, 2.05) is 6.08 Å². The number of unbranched alkanes of at least 4 members (excludes halogenated alkanes) is 35. The monoisotopic (exact) mass is 872 g/mol. The molecule has 0 aliphatic heterocycles. The molecule has 62 heavy (non-hydrogen) atoms. The SMILES string of the molecule is CCCCCCCC/C=C\CCCCCCCC(=O)OCCCCCCCCCCC/C=C\CCCCCCCC(=O)NC(CO)C(O)/C=C/CCCCCCCCCCCC. The Morgan fingerprint density at radius 3 is 1.15 bits per heavy atom. The van der Waals surface area contributed by atoms with E-state index < -0.39 is 12.1 Å². The van der Waals surface area contributed by atoms with E-state index >= 15 is 0 Å². The summed E-state index contributed by atoms with van der Waals surface area (Å²) in [5.41, 5.74) is 0. The highest BCUT2D eigenvalue weighted by molar-refractivity contribution is 5.76. The summed E-state index contributed by atoms with van der Waals surface area (Å²) in [6.07, 6.45) is 63.0. The average Bonchev–Trinajstić information content (AvgIpc) is 3.27. The molecule has 0 spiro atoms. The first-order chi connectivity index (χ1) is 30.5. The maximum atomic E-state index is 12.4. The van der Waals surface area contributed by atoms with Gasteiger partial charge in [0, 0.05) is 12.8 Å². The van der Waals surface area contributed by atoms with Crippen molar-refractivity contribution in [2.45, 2.75) is 296 Å². The second-order valence-electron chi connectivity index (χ2n) is 18.5. The summed E-state index contributed by atoms with van der Waals surface area (Å²) >= 11 is 0. The quantitative estimate of drug-likeness (QED) is 0.0321. The lowest BCUT2D eigenvalue weighted by atomic mass is 10.1. The number of carbonyl (C=O) groups excluding carboxylic acids is 2. The zero-order chi connectivity index (χ0) is 45.1. The summed E-state index contributed by atoms with van der Waals surface area (Å²) in [6.45, 7) is 4.87. The van der Waals surface area contributed by atoms with Gasteiger partial charge in [-0.25, -0.2) is 0 Å². The van der Waals surface area contributed by atoms with Crippen molar-refractivity contribution in [2.24, 2.45) is 0 Å². The third-order valence-corrected chi connectivity index (χ3v) is 12.4. The van der Waals surface area contributed by atoms with Gasteiger partial charge in [-0.15, -0.1) is 0 Å². The van der Waals surface area contributed by atoms with Crippen molar-refractivity contribution in [3.63, 3.8) is 0 Å². The van der Waals surface area contributed by atoms with Gasteiger partial charge in [-0.1, -0.05) is 224 Å². The van der Waals surface area contributed by atoms with Crippen molar-refractivity contribution < 1.29 is 24.5 Å². The fourth-order valence-corrected chi connectivity index (χ4v) is 8.15. The topological polar surface area (TPSA) is 95.9 Å². The second kappa shape index (κ2) is 51.7. The van der Waals surface area contributed by atoms with Crippen LogP contribution in [0.3, 0.4) is 0 Å². The van der Waals surface area contributed by atoms with E-state index in [4.69, 9.17) is 4.74 Å². The number of nitrogens with one attached hydrogen (secondary N) is 1. The molecule has 2 atom stereocenters. The molecule has 0 bridgehead atoms. The number of carbonyl (C=O) groups is 2. The van der Waals surface area contributed by atoms with Crippen LogP contribution in [0.25, 0.3) is 0 Å². The summed E-state index contributed by atoms with van der Waals surface area (Å²) in [4.78, 5) is 24.4. The Bertz CT molecular complexity index is 1010. The zero-order valence-electron chi connectivity index (χ0n) is 41.4. The molecule has 0 saturated heterocycles. The number of aliphatic hydroxyl groups excluding tert-OH is 2. The van der Waals surface area contributed by atoms with Gasteiger partial charge < -0.3 is 20.3 Å². The van der Waals surface area contributed by atoms with Crippen LogP contribution in [0.2, 0.25) is 0 Å². The molecule has 0 heterocycles. The smallest absolute Gasteiger partial charge is 0.305 e. The number of allylic oxidation sites excluding steroid dienone is 5. The van der Waals surface area contributed by atoms with Crippen molar-refractivity contribution >= 4 is 11.9 Å². The molecule has 2 unspecified atom stereocenters. The molecule has 0 saturated carbocycles. The van der Waals surface area contributed by atoms with E-state index in [9.17, 15) is 19.8 Å². The van der Waals surface area contributed by atoms with E-state index in [0.29, 0.717) is 19.4 Å². The minimum absolute atomic E-state index is 0.00637. The predicted molar refractivity (Wildman–Crippen MR) is 269 cm³/mol. The first-order valence-electron chi connectivity index (χ1n) is 27.3. The van der Waals surface area contributed by atoms with Crippen LogP contribution in [0.4, 0.5) is 0 Å². The molecule has 0 radical (unpaired) electrons. The van der Waals surface area contributed by atoms with Gasteiger partial charge in [0.25, 0.3) is 0 Å². The Balaban J connectivity index is 3.47. The molecule has 0 rings (SSSR count). The van der Waals surface area contributed by atoms with Crippen molar-refractivity contribution in [1.82, 2.24) is 5.32 Å². The summed E-state index contributed by atoms with van der Waals surface area (Å²) in [7, 11) is 0. The lowest BCUT2D eigenvalue weighted by Gasteiger charge is -2.20. The summed E-state index contributed by atoms with van der Waals surface area (Å²) in [6, 6.07) is -0.637. The van der Waals surface area contributed by atoms with Gasteiger partial charge in [-0.2, -0.15) is 0 Å². The first-order valence-corrected chi connectivity index (χ1v) is 27.3. The molecule has 6 heteroatoms. The number of aliphatic hydroxyl groups is 2. The maximum Gasteiger partial charge on any atom is 0.305 e. The lowest BCUT2D eigenvalue weighted by molar-refractivity contribution is -0.143. The molecular formula is C56H105NO5. The number of hydrogen-bond acceptors (Lipinski definition) is 5. The Morgan fingerprint density at radius 1 is 0.435 bits per heavy atom. The predicted octanol–water partition coefficient (Wildman–Crippen LogP) is 16.5. The van der Waals surface area contributed by atoms with Gasteiger partial charge in [0.2, 0.25) is 5.91 Å². The van der Waals surface area contributed by atoms with Crippen LogP contribution in [0.1, 0.15) is 284 Å². The molecule has 0 fully saturated rings. The first kappa shape index (κ1) is 60.1. The largest absolute Gasteiger partial charge is 0.466 e. The van der Waals surface area contributed by atoms with Crippen LogP contribution in [0.5, 0.6) is 0 Å². The van der Waals surface area contributed by atoms with Gasteiger partial charge >= 0.3 is 5.97 Å². The number of hydrogen-bond donors (Lipinski definition) is 3. The molecule has 0 aromatic carbocycles. The highest BCUT2D eigenvalue weighted by Crippen LogP contribution is 2.15. The minimum atomic E-state index is -0.852. The van der Waals surface area contributed by atoms with Crippen LogP contribution in [-0.2, 0) is 14.3 Å². The fourth-order valence-electron chi connectivity index (χ4n) is 8.15. The van der Waals surface area contributed by atoms with Gasteiger partial charge in [0.1, 0.15) is 0 Å². The van der Waals surface area contributed by atoms with Crippen LogP contribution in [0.15, 0.2) is 36.5 Å². The third kappa shape index (κ3) is 47.6. The van der Waals surface area contributed by atoms with Gasteiger partial charge in [-0.05, 0) is 83.5 Å². The molecule has 3 N–H and O–H groups in total. The van der Waals surface area contributed by atoms with E-state index in [2.05, 4.69) is 43.5 Å². The Labute approximate surface area is 385 Å². The Morgan fingerprint density at radius 2 is 0.758 bits per heavy atom. The number of amides is 1. The molecule has 1 amide bonds. The van der Waals surface area contributed by atoms with Crippen molar-refractivity contribution in [1.29, 1.82) is 0 Å². The highest BCUT2D eigenvalue weighted by Gasteiger charge is 2.18.